The van der Waals surface area contributed by atoms with Crippen LogP contribution in [0.15, 0.2) is 12.4 Å². The molecule has 0 bridgehead atoms. The van der Waals surface area contributed by atoms with Crippen molar-refractivity contribution in [3.8, 4) is 6.07 Å². The number of nitrogens with zero attached hydrogens (tertiary/aromatic N) is 3. The Morgan fingerprint density at radius 3 is 2.73 bits per heavy atom. The van der Waals surface area contributed by atoms with E-state index in [0.29, 0.717) is 41.6 Å². The molecular weight excluding hydrogens is 374 g/mol. The van der Waals surface area contributed by atoms with Crippen molar-refractivity contribution < 1.29 is 9.90 Å². The molecule has 5 rings (SSSR count). The first kappa shape index (κ1) is 20.2. The van der Waals surface area contributed by atoms with Gasteiger partial charge in [0.25, 0.3) is 0 Å². The van der Waals surface area contributed by atoms with Crippen LogP contribution in [-0.2, 0) is 11.3 Å². The van der Waals surface area contributed by atoms with Crippen LogP contribution in [0.4, 0.5) is 0 Å². The Bertz CT molecular complexity index is 898. The Morgan fingerprint density at radius 1 is 1.23 bits per heavy atom. The summed E-state index contributed by atoms with van der Waals surface area (Å²) in [4.78, 5) is 12.3. The van der Waals surface area contributed by atoms with Crippen LogP contribution >= 0.6 is 0 Å². The summed E-state index contributed by atoms with van der Waals surface area (Å²) in [6, 6.07) is 2.12. The van der Waals surface area contributed by atoms with Gasteiger partial charge in [-0.25, -0.2) is 0 Å². The van der Waals surface area contributed by atoms with E-state index in [1.807, 2.05) is 6.92 Å². The lowest BCUT2D eigenvalue weighted by atomic mass is 9.47. The topological polar surface area (TPSA) is 78.9 Å². The van der Waals surface area contributed by atoms with Crippen molar-refractivity contribution in [1.29, 1.82) is 5.26 Å². The van der Waals surface area contributed by atoms with Gasteiger partial charge in [-0.05, 0) is 85.9 Å². The second-order valence-electron chi connectivity index (χ2n) is 11.6. The summed E-state index contributed by atoms with van der Waals surface area (Å²) >= 11 is 0. The fourth-order valence-electron chi connectivity index (χ4n) is 8.88. The van der Waals surface area contributed by atoms with E-state index in [-0.39, 0.29) is 16.7 Å². The molecule has 1 heterocycles. The van der Waals surface area contributed by atoms with Crippen LogP contribution in [0.1, 0.15) is 77.7 Å². The molecule has 0 spiro atoms. The Balaban J connectivity index is 1.38. The zero-order valence-electron chi connectivity index (χ0n) is 18.6. The number of Topliss-reactive ketones (excluding diaryl/α,β-unsaturated/α-hetero) is 1. The average Bonchev–Trinajstić information content (AvgIpc) is 3.35. The normalized spacial score (nSPS) is 44.6. The molecule has 5 nitrogen and oxygen atoms in total. The largest absolute Gasteiger partial charge is 0.388 e. The monoisotopic (exact) mass is 409 g/mol. The van der Waals surface area contributed by atoms with E-state index >= 15 is 0 Å². The van der Waals surface area contributed by atoms with Gasteiger partial charge in [0.15, 0.2) is 0 Å². The van der Waals surface area contributed by atoms with Gasteiger partial charge in [0.2, 0.25) is 0 Å². The van der Waals surface area contributed by atoms with Crippen molar-refractivity contribution in [2.75, 3.05) is 0 Å². The van der Waals surface area contributed by atoms with Crippen molar-refractivity contribution in [2.24, 2.45) is 40.4 Å². The number of aliphatic hydroxyl groups is 1. The van der Waals surface area contributed by atoms with Crippen LogP contribution in [0.5, 0.6) is 0 Å². The molecule has 0 radical (unpaired) electrons. The Morgan fingerprint density at radius 2 is 2.00 bits per heavy atom. The molecule has 1 aromatic rings. The zero-order valence-corrected chi connectivity index (χ0v) is 18.6. The second-order valence-corrected chi connectivity index (χ2v) is 11.6. The maximum atomic E-state index is 12.3. The van der Waals surface area contributed by atoms with Crippen molar-refractivity contribution >= 4 is 5.78 Å². The lowest BCUT2D eigenvalue weighted by molar-refractivity contribution is -0.126. The third-order valence-electron chi connectivity index (χ3n) is 10.1. The highest BCUT2D eigenvalue weighted by molar-refractivity contribution is 5.82. The molecule has 0 unspecified atom stereocenters. The lowest BCUT2D eigenvalue weighted by Gasteiger charge is -2.58. The minimum absolute atomic E-state index is 0.141. The maximum Gasteiger partial charge on any atom is 0.133 e. The number of carbonyl (C=O) groups excluding carboxylic acids is 1. The van der Waals surface area contributed by atoms with Crippen molar-refractivity contribution in [3.05, 3.63) is 18.0 Å². The van der Waals surface area contributed by atoms with Crippen LogP contribution in [0.2, 0.25) is 0 Å². The fourth-order valence-corrected chi connectivity index (χ4v) is 8.88. The Kier molecular flexibility index (Phi) is 4.50. The zero-order chi connectivity index (χ0) is 21.3. The smallest absolute Gasteiger partial charge is 0.133 e. The van der Waals surface area contributed by atoms with E-state index in [0.717, 1.165) is 25.7 Å². The van der Waals surface area contributed by atoms with E-state index in [4.69, 9.17) is 5.26 Å². The van der Waals surface area contributed by atoms with Crippen LogP contribution in [0, 0.1) is 51.8 Å². The van der Waals surface area contributed by atoms with Gasteiger partial charge in [0, 0.05) is 19.0 Å². The highest BCUT2D eigenvalue weighted by Crippen LogP contribution is 2.68. The predicted molar refractivity (Wildman–Crippen MR) is 113 cm³/mol. The summed E-state index contributed by atoms with van der Waals surface area (Å²) < 4.78 is 1.73. The van der Waals surface area contributed by atoms with Gasteiger partial charge in [-0.3, -0.25) is 9.48 Å². The number of fused-ring (bicyclic) bond motifs is 5. The standard InChI is InChI=1S/C25H35N3O2/c1-23-9-8-21-19(5-4-17-10-18(29)11-24(17,21)2)20(23)6-7-22(23)25(3,30)15-28-14-16(12-26)13-27-28/h13-14,17,19-22,30H,4-11,15H2,1-3H3/t17-,19-,20-,21-,22-,23-,24-,25-/m0/s1. The van der Waals surface area contributed by atoms with Crippen LogP contribution in [0.3, 0.4) is 0 Å². The molecule has 8 atom stereocenters. The van der Waals surface area contributed by atoms with E-state index in [9.17, 15) is 9.90 Å². The number of ketones is 1. The van der Waals surface area contributed by atoms with Crippen molar-refractivity contribution in [2.45, 2.75) is 84.3 Å². The summed E-state index contributed by atoms with van der Waals surface area (Å²) in [5.41, 5.74) is 0.0456. The van der Waals surface area contributed by atoms with Gasteiger partial charge in [0.05, 0.1) is 23.9 Å². The highest BCUT2D eigenvalue weighted by atomic mass is 16.3. The van der Waals surface area contributed by atoms with E-state index < -0.39 is 5.60 Å². The van der Waals surface area contributed by atoms with Crippen LogP contribution < -0.4 is 0 Å². The molecule has 1 aromatic heterocycles. The third kappa shape index (κ3) is 2.83. The maximum absolute atomic E-state index is 12.3. The first-order chi connectivity index (χ1) is 14.2. The molecule has 4 aliphatic rings. The minimum Gasteiger partial charge on any atom is -0.388 e. The molecule has 4 fully saturated rings. The molecule has 0 aromatic carbocycles. The van der Waals surface area contributed by atoms with Crippen LogP contribution in [0.25, 0.3) is 0 Å². The van der Waals surface area contributed by atoms with Gasteiger partial charge in [0.1, 0.15) is 11.9 Å². The van der Waals surface area contributed by atoms with Gasteiger partial charge in [-0.15, -0.1) is 0 Å². The lowest BCUT2D eigenvalue weighted by Crippen LogP contribution is -2.53. The Labute approximate surface area is 179 Å². The summed E-state index contributed by atoms with van der Waals surface area (Å²) in [5, 5.41) is 25.0. The number of hydrogen-bond donors (Lipinski definition) is 1. The molecule has 4 aliphatic carbocycles. The second kappa shape index (κ2) is 6.66. The summed E-state index contributed by atoms with van der Waals surface area (Å²) in [7, 11) is 0. The SMILES string of the molecule is C[C@]12CC(=O)C[C@@H]1CC[C@@H]1[C@@H]2CC[C@@]2(C)[C@H]1CC[C@@H]2[C@@](C)(O)Cn1cc(C#N)cn1. The molecule has 1 N–H and O–H groups in total. The fraction of sp³-hybridized carbons (Fsp3) is 0.800. The molecule has 30 heavy (non-hydrogen) atoms. The first-order valence-electron chi connectivity index (χ1n) is 11.8. The molecule has 0 amide bonds. The summed E-state index contributed by atoms with van der Waals surface area (Å²) in [5.74, 6) is 3.35. The molecule has 0 aliphatic heterocycles. The van der Waals surface area contributed by atoms with E-state index in [1.165, 1.54) is 25.7 Å². The minimum atomic E-state index is -0.848. The third-order valence-corrected chi connectivity index (χ3v) is 10.1. The number of aromatic nitrogens is 2. The quantitative estimate of drug-likeness (QED) is 0.805. The van der Waals surface area contributed by atoms with Crippen molar-refractivity contribution in [1.82, 2.24) is 9.78 Å². The summed E-state index contributed by atoms with van der Waals surface area (Å²) in [6.07, 6.45) is 12.0. The van der Waals surface area contributed by atoms with Crippen molar-refractivity contribution in [3.63, 3.8) is 0 Å². The summed E-state index contributed by atoms with van der Waals surface area (Å²) in [6.45, 7) is 7.25. The number of rotatable bonds is 3. The predicted octanol–water partition coefficient (Wildman–Crippen LogP) is 4.34. The molecule has 162 valence electrons. The molecule has 0 saturated heterocycles. The van der Waals surface area contributed by atoms with Gasteiger partial charge in [-0.2, -0.15) is 10.4 Å². The van der Waals surface area contributed by atoms with Gasteiger partial charge in [-0.1, -0.05) is 13.8 Å². The highest BCUT2D eigenvalue weighted by Gasteiger charge is 2.63. The number of hydrogen-bond acceptors (Lipinski definition) is 4. The Hall–Kier alpha value is -1.67. The first-order valence-corrected chi connectivity index (χ1v) is 11.8. The number of carbonyl (C=O) groups is 1. The van der Waals surface area contributed by atoms with Crippen LogP contribution in [-0.4, -0.2) is 26.3 Å². The van der Waals surface area contributed by atoms with E-state index in [2.05, 4.69) is 25.0 Å². The number of nitriles is 1. The molecule has 5 heteroatoms. The van der Waals surface area contributed by atoms with E-state index in [1.54, 1.807) is 17.1 Å². The molecule has 4 saturated carbocycles. The average molecular weight is 410 g/mol. The van der Waals surface area contributed by atoms with Gasteiger partial charge >= 0.3 is 0 Å². The van der Waals surface area contributed by atoms with Gasteiger partial charge < -0.3 is 5.11 Å². The molecular formula is C25H35N3O2.